The van der Waals surface area contributed by atoms with Crippen molar-refractivity contribution in [1.29, 1.82) is 0 Å². The maximum atomic E-state index is 12.0. The van der Waals surface area contributed by atoms with E-state index in [-0.39, 0.29) is 5.91 Å². The predicted molar refractivity (Wildman–Crippen MR) is 103 cm³/mol. The highest BCUT2D eigenvalue weighted by molar-refractivity contribution is 7.15. The van der Waals surface area contributed by atoms with Gasteiger partial charge in [0.25, 0.3) is 0 Å². The molecule has 0 atom stereocenters. The van der Waals surface area contributed by atoms with Gasteiger partial charge in [0, 0.05) is 35.1 Å². The van der Waals surface area contributed by atoms with E-state index < -0.39 is 0 Å². The molecule has 0 saturated carbocycles. The third-order valence-electron chi connectivity index (χ3n) is 3.77. The number of carbonyl (C=O) groups is 1. The highest BCUT2D eigenvalue weighted by Gasteiger charge is 2.05. The Bertz CT molecular complexity index is 1000. The van der Waals surface area contributed by atoms with E-state index in [0.717, 1.165) is 27.5 Å². The fourth-order valence-corrected chi connectivity index (χ4v) is 3.21. The van der Waals surface area contributed by atoms with Crippen molar-refractivity contribution in [2.75, 3.05) is 5.32 Å². The standard InChI is InChI=1S/C20H15N3OS/c24-19(11-6-15-4-2-1-3-5-15)21-17-9-7-16(8-10-17)18-14-23-12-13-25-20(23)22-18/h1-14H,(H,21,24)/b11-6+. The van der Waals surface area contributed by atoms with Crippen LogP contribution in [-0.4, -0.2) is 15.3 Å². The number of imidazole rings is 1. The summed E-state index contributed by atoms with van der Waals surface area (Å²) in [6.07, 6.45) is 7.32. The highest BCUT2D eigenvalue weighted by atomic mass is 32.1. The van der Waals surface area contributed by atoms with Crippen LogP contribution in [0.1, 0.15) is 5.56 Å². The topological polar surface area (TPSA) is 46.4 Å². The van der Waals surface area contributed by atoms with Gasteiger partial charge in [-0.3, -0.25) is 9.20 Å². The molecule has 1 N–H and O–H groups in total. The van der Waals surface area contributed by atoms with Crippen LogP contribution in [0.2, 0.25) is 0 Å². The predicted octanol–water partition coefficient (Wildman–Crippen LogP) is 4.71. The molecule has 4 nitrogen and oxygen atoms in total. The third kappa shape index (κ3) is 3.51. The van der Waals surface area contributed by atoms with Gasteiger partial charge in [0.1, 0.15) is 0 Å². The van der Waals surface area contributed by atoms with Crippen LogP contribution in [0.3, 0.4) is 0 Å². The Morgan fingerprint density at radius 3 is 2.64 bits per heavy atom. The fraction of sp³-hybridized carbons (Fsp3) is 0. The van der Waals surface area contributed by atoms with Crippen molar-refractivity contribution in [2.24, 2.45) is 0 Å². The van der Waals surface area contributed by atoms with Crippen LogP contribution in [0.5, 0.6) is 0 Å². The summed E-state index contributed by atoms with van der Waals surface area (Å²) in [6, 6.07) is 17.4. The lowest BCUT2D eigenvalue weighted by Gasteiger charge is -2.03. The Kier molecular flexibility index (Phi) is 4.14. The molecule has 122 valence electrons. The summed E-state index contributed by atoms with van der Waals surface area (Å²) < 4.78 is 2.00. The second-order valence-electron chi connectivity index (χ2n) is 5.53. The van der Waals surface area contributed by atoms with Gasteiger partial charge in [0.2, 0.25) is 5.91 Å². The molecular weight excluding hydrogens is 330 g/mol. The van der Waals surface area contributed by atoms with Crippen molar-refractivity contribution in [3.8, 4) is 11.3 Å². The Morgan fingerprint density at radius 2 is 1.88 bits per heavy atom. The molecular formula is C20H15N3OS. The van der Waals surface area contributed by atoms with Gasteiger partial charge in [-0.05, 0) is 23.8 Å². The molecule has 0 radical (unpaired) electrons. The monoisotopic (exact) mass is 345 g/mol. The third-order valence-corrected chi connectivity index (χ3v) is 4.54. The molecule has 0 fully saturated rings. The number of thiazole rings is 1. The average Bonchev–Trinajstić information content (AvgIpc) is 3.24. The summed E-state index contributed by atoms with van der Waals surface area (Å²) in [4.78, 5) is 17.6. The number of aromatic nitrogens is 2. The SMILES string of the molecule is O=C(/C=C/c1ccccc1)Nc1ccc(-c2cn3ccsc3n2)cc1. The largest absolute Gasteiger partial charge is 0.323 e. The van der Waals surface area contributed by atoms with E-state index in [0.29, 0.717) is 0 Å². The Morgan fingerprint density at radius 1 is 1.08 bits per heavy atom. The van der Waals surface area contributed by atoms with Gasteiger partial charge in [0.05, 0.1) is 5.69 Å². The van der Waals surface area contributed by atoms with Crippen LogP contribution >= 0.6 is 11.3 Å². The van der Waals surface area contributed by atoms with E-state index in [9.17, 15) is 4.79 Å². The number of benzene rings is 2. The number of nitrogens with one attached hydrogen (secondary N) is 1. The molecule has 1 amide bonds. The van der Waals surface area contributed by atoms with Crippen LogP contribution in [0, 0.1) is 0 Å². The maximum Gasteiger partial charge on any atom is 0.248 e. The number of fused-ring (bicyclic) bond motifs is 1. The van der Waals surface area contributed by atoms with Crippen molar-refractivity contribution < 1.29 is 4.79 Å². The highest BCUT2D eigenvalue weighted by Crippen LogP contribution is 2.23. The number of carbonyl (C=O) groups excluding carboxylic acids is 1. The number of rotatable bonds is 4. The van der Waals surface area contributed by atoms with Crippen molar-refractivity contribution in [2.45, 2.75) is 0 Å². The summed E-state index contributed by atoms with van der Waals surface area (Å²) >= 11 is 1.61. The maximum absolute atomic E-state index is 12.0. The molecule has 4 rings (SSSR count). The molecule has 2 aromatic heterocycles. The smallest absolute Gasteiger partial charge is 0.248 e. The van der Waals surface area contributed by atoms with Gasteiger partial charge in [-0.25, -0.2) is 4.98 Å². The molecule has 0 unspecified atom stereocenters. The molecule has 0 bridgehead atoms. The van der Waals surface area contributed by atoms with Crippen molar-refractivity contribution in [3.05, 3.63) is 84.0 Å². The first-order valence-electron chi connectivity index (χ1n) is 7.85. The van der Waals surface area contributed by atoms with Crippen LogP contribution in [0.4, 0.5) is 5.69 Å². The lowest BCUT2D eigenvalue weighted by atomic mass is 10.1. The lowest BCUT2D eigenvalue weighted by Crippen LogP contribution is -2.07. The lowest BCUT2D eigenvalue weighted by molar-refractivity contribution is -0.111. The van der Waals surface area contributed by atoms with E-state index in [1.54, 1.807) is 17.4 Å². The molecule has 25 heavy (non-hydrogen) atoms. The van der Waals surface area contributed by atoms with E-state index in [2.05, 4.69) is 10.3 Å². The minimum absolute atomic E-state index is 0.154. The van der Waals surface area contributed by atoms with E-state index in [1.807, 2.05) is 76.8 Å². The molecule has 0 aliphatic carbocycles. The fourth-order valence-electron chi connectivity index (χ4n) is 2.51. The second kappa shape index (κ2) is 6.75. The summed E-state index contributed by atoms with van der Waals surface area (Å²) in [5, 5.41) is 4.87. The zero-order valence-corrected chi connectivity index (χ0v) is 14.1. The summed E-state index contributed by atoms with van der Waals surface area (Å²) in [5.41, 5.74) is 3.70. The minimum atomic E-state index is -0.154. The van der Waals surface area contributed by atoms with Crippen LogP contribution in [0.25, 0.3) is 22.3 Å². The number of amides is 1. The van der Waals surface area contributed by atoms with Crippen LogP contribution in [-0.2, 0) is 4.79 Å². The quantitative estimate of drug-likeness (QED) is 0.544. The number of hydrogen-bond donors (Lipinski definition) is 1. The molecule has 0 saturated heterocycles. The first-order valence-corrected chi connectivity index (χ1v) is 8.73. The summed E-state index contributed by atoms with van der Waals surface area (Å²) in [5.74, 6) is -0.154. The summed E-state index contributed by atoms with van der Waals surface area (Å²) in [7, 11) is 0. The molecule has 0 spiro atoms. The van der Waals surface area contributed by atoms with Crippen molar-refractivity contribution >= 4 is 34.0 Å². The zero-order chi connectivity index (χ0) is 17.1. The van der Waals surface area contributed by atoms with Gasteiger partial charge in [-0.2, -0.15) is 0 Å². The Balaban J connectivity index is 1.44. The Hall–Kier alpha value is -3.18. The summed E-state index contributed by atoms with van der Waals surface area (Å²) in [6.45, 7) is 0. The molecule has 2 heterocycles. The molecule has 0 aliphatic heterocycles. The van der Waals surface area contributed by atoms with Crippen molar-refractivity contribution in [3.63, 3.8) is 0 Å². The van der Waals surface area contributed by atoms with Crippen LogP contribution in [0.15, 0.2) is 78.4 Å². The number of hydrogen-bond acceptors (Lipinski definition) is 3. The molecule has 4 aromatic rings. The van der Waals surface area contributed by atoms with Gasteiger partial charge in [0.15, 0.2) is 4.96 Å². The number of anilines is 1. The first-order chi connectivity index (χ1) is 12.3. The molecule has 0 aliphatic rings. The average molecular weight is 345 g/mol. The van der Waals surface area contributed by atoms with Crippen molar-refractivity contribution in [1.82, 2.24) is 9.38 Å². The van der Waals surface area contributed by atoms with Crippen LogP contribution < -0.4 is 5.32 Å². The first kappa shape index (κ1) is 15.4. The zero-order valence-electron chi connectivity index (χ0n) is 13.3. The van der Waals surface area contributed by atoms with Gasteiger partial charge >= 0.3 is 0 Å². The second-order valence-corrected chi connectivity index (χ2v) is 6.40. The van der Waals surface area contributed by atoms with Gasteiger partial charge < -0.3 is 5.32 Å². The molecule has 2 aromatic carbocycles. The minimum Gasteiger partial charge on any atom is -0.323 e. The van der Waals surface area contributed by atoms with Gasteiger partial charge in [-0.15, -0.1) is 11.3 Å². The molecule has 5 heteroatoms. The normalized spacial score (nSPS) is 11.2. The Labute approximate surface area is 149 Å². The van der Waals surface area contributed by atoms with Gasteiger partial charge in [-0.1, -0.05) is 42.5 Å². The van der Waals surface area contributed by atoms with E-state index >= 15 is 0 Å². The van der Waals surface area contributed by atoms with E-state index in [4.69, 9.17) is 0 Å². The number of nitrogens with zero attached hydrogens (tertiary/aromatic N) is 2. The van der Waals surface area contributed by atoms with E-state index in [1.165, 1.54) is 6.08 Å².